The number of benzene rings is 1. The Morgan fingerprint density at radius 3 is 2.69 bits per heavy atom. The molecule has 0 saturated carbocycles. The molecule has 84 valence electrons. The van der Waals surface area contributed by atoms with Gasteiger partial charge in [0.15, 0.2) is 0 Å². The molecule has 0 aliphatic carbocycles. The van der Waals surface area contributed by atoms with E-state index in [1.807, 2.05) is 0 Å². The van der Waals surface area contributed by atoms with E-state index in [1.165, 1.54) is 12.1 Å². The summed E-state index contributed by atoms with van der Waals surface area (Å²) in [7, 11) is 0. The fraction of sp³-hybridized carbons (Fsp3) is 0.273. The topological polar surface area (TPSA) is 64.9 Å². The van der Waals surface area contributed by atoms with Crippen LogP contribution in [0.25, 0.3) is 11.4 Å². The predicted octanol–water partition coefficient (Wildman–Crippen LogP) is 2.20. The van der Waals surface area contributed by atoms with Crippen molar-refractivity contribution in [3.63, 3.8) is 0 Å². The van der Waals surface area contributed by atoms with Gasteiger partial charge in [0, 0.05) is 5.56 Å². The third-order valence-electron chi connectivity index (χ3n) is 2.13. The average molecular weight is 221 g/mol. The summed E-state index contributed by atoms with van der Waals surface area (Å²) in [4.78, 5) is 4.09. The molecule has 1 aromatic heterocycles. The molecule has 0 fully saturated rings. The van der Waals surface area contributed by atoms with Gasteiger partial charge >= 0.3 is 0 Å². The van der Waals surface area contributed by atoms with Crippen LogP contribution < -0.4 is 5.73 Å². The van der Waals surface area contributed by atoms with E-state index >= 15 is 0 Å². The third kappa shape index (κ3) is 2.09. The largest absolute Gasteiger partial charge is 0.337 e. The summed E-state index contributed by atoms with van der Waals surface area (Å²) >= 11 is 0. The first kappa shape index (κ1) is 10.8. The summed E-state index contributed by atoms with van der Waals surface area (Å²) in [5.74, 6) is 0.383. The summed E-state index contributed by atoms with van der Waals surface area (Å²) < 4.78 is 18.1. The second-order valence-electron chi connectivity index (χ2n) is 3.76. The number of hydrogen-bond donors (Lipinski definition) is 1. The molecule has 4 nitrogen and oxygen atoms in total. The Morgan fingerprint density at radius 1 is 1.38 bits per heavy atom. The van der Waals surface area contributed by atoms with Crippen molar-refractivity contribution in [3.05, 3.63) is 35.5 Å². The van der Waals surface area contributed by atoms with E-state index in [1.54, 1.807) is 19.9 Å². The van der Waals surface area contributed by atoms with Gasteiger partial charge in [-0.25, -0.2) is 4.39 Å². The number of aryl methyl sites for hydroxylation is 1. The van der Waals surface area contributed by atoms with Crippen molar-refractivity contribution in [1.29, 1.82) is 0 Å². The zero-order valence-corrected chi connectivity index (χ0v) is 9.07. The van der Waals surface area contributed by atoms with Gasteiger partial charge in [0.05, 0.1) is 6.04 Å². The molecule has 0 radical (unpaired) electrons. The van der Waals surface area contributed by atoms with Crippen LogP contribution in [0, 0.1) is 12.7 Å². The summed E-state index contributed by atoms with van der Waals surface area (Å²) in [6, 6.07) is 4.27. The Labute approximate surface area is 92.3 Å². The molecule has 0 aliphatic heterocycles. The van der Waals surface area contributed by atoms with E-state index in [0.717, 1.165) is 5.56 Å². The lowest BCUT2D eigenvalue weighted by atomic mass is 10.1. The second-order valence-corrected chi connectivity index (χ2v) is 3.76. The van der Waals surface area contributed by atoms with Crippen LogP contribution in [0.4, 0.5) is 4.39 Å². The molecule has 2 rings (SSSR count). The Hall–Kier alpha value is -1.75. The maximum absolute atomic E-state index is 13.2. The first-order valence-corrected chi connectivity index (χ1v) is 4.93. The van der Waals surface area contributed by atoms with Crippen LogP contribution in [-0.2, 0) is 0 Å². The monoisotopic (exact) mass is 221 g/mol. The number of halogens is 1. The Kier molecular flexibility index (Phi) is 2.70. The smallest absolute Gasteiger partial charge is 0.243 e. The Bertz CT molecular complexity index is 487. The molecule has 0 aliphatic rings. The molecular weight excluding hydrogens is 209 g/mol. The quantitative estimate of drug-likeness (QED) is 0.844. The van der Waals surface area contributed by atoms with Crippen molar-refractivity contribution in [1.82, 2.24) is 10.1 Å². The third-order valence-corrected chi connectivity index (χ3v) is 2.13. The number of rotatable bonds is 2. The van der Waals surface area contributed by atoms with Gasteiger partial charge in [-0.05, 0) is 37.6 Å². The van der Waals surface area contributed by atoms with Gasteiger partial charge in [-0.1, -0.05) is 5.16 Å². The molecule has 1 heterocycles. The maximum Gasteiger partial charge on any atom is 0.243 e. The zero-order valence-electron chi connectivity index (χ0n) is 9.07. The van der Waals surface area contributed by atoms with Gasteiger partial charge in [0.2, 0.25) is 11.7 Å². The number of hydrogen-bond acceptors (Lipinski definition) is 4. The lowest BCUT2D eigenvalue weighted by Gasteiger charge is -1.97. The van der Waals surface area contributed by atoms with Crippen molar-refractivity contribution < 1.29 is 8.91 Å². The van der Waals surface area contributed by atoms with Crippen LogP contribution in [-0.4, -0.2) is 10.1 Å². The molecule has 1 aromatic carbocycles. The molecule has 0 saturated heterocycles. The lowest BCUT2D eigenvalue weighted by molar-refractivity contribution is 0.362. The summed E-state index contributed by atoms with van der Waals surface area (Å²) in [6.45, 7) is 3.55. The number of aromatic nitrogens is 2. The molecule has 5 heteroatoms. The van der Waals surface area contributed by atoms with E-state index < -0.39 is 0 Å². The summed E-state index contributed by atoms with van der Waals surface area (Å²) in [6.07, 6.45) is 0. The lowest BCUT2D eigenvalue weighted by Crippen LogP contribution is -2.04. The average Bonchev–Trinajstić information content (AvgIpc) is 2.64. The van der Waals surface area contributed by atoms with E-state index in [4.69, 9.17) is 10.3 Å². The van der Waals surface area contributed by atoms with Crippen LogP contribution in [0.2, 0.25) is 0 Å². The van der Waals surface area contributed by atoms with E-state index in [-0.39, 0.29) is 11.9 Å². The van der Waals surface area contributed by atoms with Crippen molar-refractivity contribution in [2.75, 3.05) is 0 Å². The fourth-order valence-corrected chi connectivity index (χ4v) is 1.40. The molecule has 0 amide bonds. The summed E-state index contributed by atoms with van der Waals surface area (Å²) in [5, 5.41) is 3.76. The molecule has 2 aromatic rings. The summed E-state index contributed by atoms with van der Waals surface area (Å²) in [5.41, 5.74) is 6.99. The van der Waals surface area contributed by atoms with Crippen molar-refractivity contribution in [2.24, 2.45) is 5.73 Å². The van der Waals surface area contributed by atoms with E-state index in [2.05, 4.69) is 10.1 Å². The molecule has 0 spiro atoms. The van der Waals surface area contributed by atoms with Crippen molar-refractivity contribution in [2.45, 2.75) is 19.9 Å². The van der Waals surface area contributed by atoms with Crippen LogP contribution in [0.15, 0.2) is 22.7 Å². The number of nitrogens with zero attached hydrogens (tertiary/aromatic N) is 2. The van der Waals surface area contributed by atoms with Gasteiger partial charge in [-0.15, -0.1) is 0 Å². The van der Waals surface area contributed by atoms with Gasteiger partial charge in [-0.3, -0.25) is 0 Å². The molecule has 2 N–H and O–H groups in total. The Balaban J connectivity index is 2.42. The van der Waals surface area contributed by atoms with Gasteiger partial charge in [0.25, 0.3) is 0 Å². The van der Waals surface area contributed by atoms with Crippen LogP contribution in [0.3, 0.4) is 0 Å². The molecule has 0 bridgehead atoms. The SMILES string of the molecule is Cc1cc(F)cc(-c2noc([C@H](C)N)n2)c1. The minimum atomic E-state index is -0.323. The van der Waals surface area contributed by atoms with Gasteiger partial charge < -0.3 is 10.3 Å². The van der Waals surface area contributed by atoms with Gasteiger partial charge in [-0.2, -0.15) is 4.98 Å². The highest BCUT2D eigenvalue weighted by atomic mass is 19.1. The molecular formula is C11H12FN3O. The molecule has 1 atom stereocenters. The standard InChI is InChI=1S/C11H12FN3O/c1-6-3-8(5-9(12)4-6)10-14-11(7(2)13)16-15-10/h3-5,7H,13H2,1-2H3/t7-/m0/s1. The normalized spacial score (nSPS) is 12.8. The fourth-order valence-electron chi connectivity index (χ4n) is 1.40. The highest BCUT2D eigenvalue weighted by Crippen LogP contribution is 2.20. The zero-order chi connectivity index (χ0) is 11.7. The second kappa shape index (κ2) is 4.02. The first-order valence-electron chi connectivity index (χ1n) is 4.93. The highest BCUT2D eigenvalue weighted by molar-refractivity contribution is 5.55. The van der Waals surface area contributed by atoms with E-state index in [0.29, 0.717) is 17.3 Å². The highest BCUT2D eigenvalue weighted by Gasteiger charge is 2.12. The molecule has 0 unspecified atom stereocenters. The maximum atomic E-state index is 13.2. The first-order chi connectivity index (χ1) is 7.56. The number of nitrogens with two attached hydrogens (primary N) is 1. The minimum absolute atomic E-state index is 0.317. The van der Waals surface area contributed by atoms with Crippen LogP contribution >= 0.6 is 0 Å². The van der Waals surface area contributed by atoms with Crippen LogP contribution in [0.1, 0.15) is 24.4 Å². The minimum Gasteiger partial charge on any atom is -0.337 e. The Morgan fingerprint density at radius 2 is 2.12 bits per heavy atom. The van der Waals surface area contributed by atoms with Gasteiger partial charge in [0.1, 0.15) is 5.82 Å². The molecule has 16 heavy (non-hydrogen) atoms. The van der Waals surface area contributed by atoms with E-state index in [9.17, 15) is 4.39 Å². The van der Waals surface area contributed by atoms with Crippen molar-refractivity contribution >= 4 is 0 Å². The predicted molar refractivity (Wildman–Crippen MR) is 57.0 cm³/mol. The van der Waals surface area contributed by atoms with Crippen molar-refractivity contribution in [3.8, 4) is 11.4 Å². The van der Waals surface area contributed by atoms with Crippen LogP contribution in [0.5, 0.6) is 0 Å².